The van der Waals surface area contributed by atoms with Crippen LogP contribution in [0.2, 0.25) is 0 Å². The molecule has 3 nitrogen and oxygen atoms in total. The molecule has 0 amide bonds. The van der Waals surface area contributed by atoms with E-state index in [0.717, 1.165) is 20.7 Å². The third-order valence-corrected chi connectivity index (χ3v) is 4.31. The lowest BCUT2D eigenvalue weighted by molar-refractivity contribution is -0.383. The zero-order valence-electron chi connectivity index (χ0n) is 9.74. The minimum atomic E-state index is -0.346. The van der Waals surface area contributed by atoms with E-state index in [1.807, 2.05) is 29.6 Å². The molecule has 2 aromatic carbocycles. The summed E-state index contributed by atoms with van der Waals surface area (Å²) in [6, 6.07) is 12.7. The molecule has 0 aliphatic carbocycles. The molecule has 5 heteroatoms. The largest absolute Gasteiger partial charge is 0.277 e. The molecule has 0 spiro atoms. The smallest absolute Gasteiger partial charge is 0.258 e. The van der Waals surface area contributed by atoms with Gasteiger partial charge in [0.25, 0.3) is 5.69 Å². The highest BCUT2D eigenvalue weighted by atomic mass is 32.2. The molecule has 0 N–H and O–H groups in total. The molecule has 1 aromatic heterocycles. The molecule has 3 rings (SSSR count). The number of thiophene rings is 1. The minimum absolute atomic E-state index is 0.135. The lowest BCUT2D eigenvalue weighted by Gasteiger charge is -2.06. The van der Waals surface area contributed by atoms with Gasteiger partial charge in [-0.3, -0.25) is 10.1 Å². The average molecular weight is 287 g/mol. The normalized spacial score (nSPS) is 10.8. The summed E-state index contributed by atoms with van der Waals surface area (Å²) in [5.41, 5.74) is 2.13. The van der Waals surface area contributed by atoms with Gasteiger partial charge in [0.15, 0.2) is 0 Å². The monoisotopic (exact) mass is 287 g/mol. The molecule has 1 heterocycles. The highest BCUT2D eigenvalue weighted by molar-refractivity contribution is 7.83. The van der Waals surface area contributed by atoms with Crippen LogP contribution in [-0.4, -0.2) is 4.92 Å². The number of nitrogens with zero attached hydrogens (tertiary/aromatic N) is 1. The second-order valence-corrected chi connectivity index (χ2v) is 5.74. The van der Waals surface area contributed by atoms with Crippen LogP contribution in [0.5, 0.6) is 0 Å². The zero-order valence-corrected chi connectivity index (χ0v) is 11.4. The SMILES string of the molecule is O=[N+]([O-])c1ccc(-c2ccsc2S)c2ccccc12. The number of non-ortho nitro benzene ring substituents is 1. The van der Waals surface area contributed by atoms with Gasteiger partial charge in [0, 0.05) is 11.6 Å². The molecule has 0 bridgehead atoms. The van der Waals surface area contributed by atoms with Crippen molar-refractivity contribution >= 4 is 40.4 Å². The van der Waals surface area contributed by atoms with E-state index in [1.165, 1.54) is 0 Å². The summed E-state index contributed by atoms with van der Waals surface area (Å²) in [5.74, 6) is 0. The Morgan fingerprint density at radius 2 is 1.74 bits per heavy atom. The van der Waals surface area contributed by atoms with Crippen LogP contribution in [0, 0.1) is 10.1 Å². The molecule has 3 aromatic rings. The fourth-order valence-corrected chi connectivity index (χ4v) is 3.20. The van der Waals surface area contributed by atoms with Crippen LogP contribution in [0.15, 0.2) is 52.1 Å². The number of nitro benzene ring substituents is 1. The first-order chi connectivity index (χ1) is 9.18. The predicted octanol–water partition coefficient (Wildman–Crippen LogP) is 4.77. The van der Waals surface area contributed by atoms with Crippen molar-refractivity contribution < 1.29 is 4.92 Å². The van der Waals surface area contributed by atoms with Crippen LogP contribution in [0.25, 0.3) is 21.9 Å². The highest BCUT2D eigenvalue weighted by Crippen LogP contribution is 2.38. The third-order valence-electron chi connectivity index (χ3n) is 3.03. The summed E-state index contributed by atoms with van der Waals surface area (Å²) < 4.78 is 0.916. The van der Waals surface area contributed by atoms with Crippen LogP contribution < -0.4 is 0 Å². The van der Waals surface area contributed by atoms with Crippen molar-refractivity contribution in [2.24, 2.45) is 0 Å². The minimum Gasteiger partial charge on any atom is -0.258 e. The summed E-state index contributed by atoms with van der Waals surface area (Å²) in [7, 11) is 0. The highest BCUT2D eigenvalue weighted by Gasteiger charge is 2.15. The molecule has 0 saturated heterocycles. The Balaban J connectivity index is 2.38. The van der Waals surface area contributed by atoms with E-state index in [2.05, 4.69) is 12.6 Å². The fraction of sp³-hybridized carbons (Fsp3) is 0. The first kappa shape index (κ1) is 12.2. The van der Waals surface area contributed by atoms with Crippen LogP contribution >= 0.6 is 24.0 Å². The van der Waals surface area contributed by atoms with E-state index in [9.17, 15) is 10.1 Å². The van der Waals surface area contributed by atoms with Crippen molar-refractivity contribution in [3.05, 3.63) is 58.0 Å². The third kappa shape index (κ3) is 2.01. The molecule has 0 aliphatic rings. The van der Waals surface area contributed by atoms with Gasteiger partial charge in [-0.2, -0.15) is 0 Å². The lowest BCUT2D eigenvalue weighted by Crippen LogP contribution is -1.90. The van der Waals surface area contributed by atoms with Gasteiger partial charge >= 0.3 is 0 Å². The molecular formula is C14H9NO2S2. The van der Waals surface area contributed by atoms with E-state index in [-0.39, 0.29) is 10.6 Å². The van der Waals surface area contributed by atoms with Crippen LogP contribution in [-0.2, 0) is 0 Å². The van der Waals surface area contributed by atoms with Gasteiger partial charge in [0.2, 0.25) is 0 Å². The van der Waals surface area contributed by atoms with Crippen LogP contribution in [0.3, 0.4) is 0 Å². The maximum absolute atomic E-state index is 11.1. The Morgan fingerprint density at radius 1 is 1.00 bits per heavy atom. The zero-order chi connectivity index (χ0) is 13.4. The van der Waals surface area contributed by atoms with Gasteiger partial charge in [0.1, 0.15) is 0 Å². The number of hydrogen-bond donors (Lipinski definition) is 1. The summed E-state index contributed by atoms with van der Waals surface area (Å²) in [6.45, 7) is 0. The standard InChI is InChI=1S/C14H9NO2S2/c16-15(17)13-6-5-10(12-7-8-19-14(12)18)9-3-1-2-4-11(9)13/h1-8,18H. The van der Waals surface area contributed by atoms with Crippen molar-refractivity contribution in [3.63, 3.8) is 0 Å². The fourth-order valence-electron chi connectivity index (χ4n) is 2.18. The first-order valence-corrected chi connectivity index (χ1v) is 6.94. The molecule has 0 fully saturated rings. The molecule has 19 heavy (non-hydrogen) atoms. The summed E-state index contributed by atoms with van der Waals surface area (Å²) in [6.07, 6.45) is 0. The Labute approximate surface area is 119 Å². The van der Waals surface area contributed by atoms with Crippen LogP contribution in [0.4, 0.5) is 5.69 Å². The Kier molecular flexibility index (Phi) is 3.00. The van der Waals surface area contributed by atoms with Crippen molar-refractivity contribution in [1.82, 2.24) is 0 Å². The maximum Gasteiger partial charge on any atom is 0.277 e. The number of fused-ring (bicyclic) bond motifs is 1. The van der Waals surface area contributed by atoms with Crippen LogP contribution in [0.1, 0.15) is 0 Å². The molecule has 0 radical (unpaired) electrons. The second-order valence-electron chi connectivity index (χ2n) is 4.07. The lowest BCUT2D eigenvalue weighted by atomic mass is 9.99. The summed E-state index contributed by atoms with van der Waals surface area (Å²) >= 11 is 5.99. The number of rotatable bonds is 2. The Hall–Kier alpha value is -1.85. The summed E-state index contributed by atoms with van der Waals surface area (Å²) in [5, 5.41) is 14.6. The van der Waals surface area contributed by atoms with Crippen molar-refractivity contribution in [2.45, 2.75) is 4.21 Å². The summed E-state index contributed by atoms with van der Waals surface area (Å²) in [4.78, 5) is 10.7. The number of hydrogen-bond acceptors (Lipinski definition) is 4. The van der Waals surface area contributed by atoms with E-state index in [0.29, 0.717) is 5.39 Å². The molecule has 94 valence electrons. The van der Waals surface area contributed by atoms with Gasteiger partial charge in [-0.05, 0) is 34.5 Å². The van der Waals surface area contributed by atoms with Gasteiger partial charge in [-0.25, -0.2) is 0 Å². The number of thiol groups is 1. The average Bonchev–Trinajstić information content (AvgIpc) is 2.83. The first-order valence-electron chi connectivity index (χ1n) is 5.61. The van der Waals surface area contributed by atoms with Crippen molar-refractivity contribution in [1.29, 1.82) is 0 Å². The van der Waals surface area contributed by atoms with Crippen molar-refractivity contribution in [2.75, 3.05) is 0 Å². The second kappa shape index (κ2) is 4.68. The van der Waals surface area contributed by atoms with Gasteiger partial charge in [-0.15, -0.1) is 24.0 Å². The predicted molar refractivity (Wildman–Crippen MR) is 81.2 cm³/mol. The van der Waals surface area contributed by atoms with Gasteiger partial charge in [-0.1, -0.05) is 18.2 Å². The van der Waals surface area contributed by atoms with Gasteiger partial charge in [0.05, 0.1) is 14.5 Å². The maximum atomic E-state index is 11.1. The molecule has 0 unspecified atom stereocenters. The quantitative estimate of drug-likeness (QED) is 0.419. The molecular weight excluding hydrogens is 278 g/mol. The molecule has 0 atom stereocenters. The number of nitro groups is 1. The topological polar surface area (TPSA) is 43.1 Å². The molecule has 0 saturated carbocycles. The van der Waals surface area contributed by atoms with Crippen molar-refractivity contribution in [3.8, 4) is 11.1 Å². The van der Waals surface area contributed by atoms with E-state index >= 15 is 0 Å². The van der Waals surface area contributed by atoms with E-state index in [1.54, 1.807) is 29.5 Å². The molecule has 0 aliphatic heterocycles. The Morgan fingerprint density at radius 3 is 2.37 bits per heavy atom. The Bertz CT molecular complexity index is 780. The van der Waals surface area contributed by atoms with E-state index < -0.39 is 0 Å². The van der Waals surface area contributed by atoms with E-state index in [4.69, 9.17) is 0 Å². The number of benzene rings is 2. The van der Waals surface area contributed by atoms with Gasteiger partial charge < -0.3 is 0 Å².